The van der Waals surface area contributed by atoms with Crippen molar-refractivity contribution < 1.29 is 31.1 Å². The molecular weight excluding hydrogens is 445 g/mol. The molecule has 0 aliphatic heterocycles. The second-order valence-corrected chi connectivity index (χ2v) is 8.96. The van der Waals surface area contributed by atoms with Crippen molar-refractivity contribution in [3.63, 3.8) is 0 Å². The lowest BCUT2D eigenvalue weighted by Crippen LogP contribution is -2.28. The van der Waals surface area contributed by atoms with Crippen molar-refractivity contribution in [2.75, 3.05) is 19.0 Å². The van der Waals surface area contributed by atoms with Crippen molar-refractivity contribution in [2.24, 2.45) is 5.92 Å². The zero-order chi connectivity index (χ0) is 22.1. The molecule has 3 rings (SSSR count). The predicted molar refractivity (Wildman–Crippen MR) is 105 cm³/mol. The Morgan fingerprint density at radius 1 is 1.20 bits per heavy atom. The molecule has 11 heteroatoms. The highest BCUT2D eigenvalue weighted by Crippen LogP contribution is 2.37. The highest BCUT2D eigenvalue weighted by Gasteiger charge is 2.38. The van der Waals surface area contributed by atoms with E-state index in [9.17, 15) is 26.4 Å². The van der Waals surface area contributed by atoms with E-state index in [1.54, 1.807) is 0 Å². The monoisotopic (exact) mass is 462 g/mol. The molecule has 0 radical (unpaired) electrons. The molecule has 0 unspecified atom stereocenters. The van der Waals surface area contributed by atoms with Gasteiger partial charge in [-0.15, -0.1) is 0 Å². The fourth-order valence-corrected chi connectivity index (χ4v) is 4.26. The molecular formula is C19H18ClF3N2O4S. The summed E-state index contributed by atoms with van der Waals surface area (Å²) in [5, 5.41) is 2.79. The van der Waals surface area contributed by atoms with E-state index in [4.69, 9.17) is 11.6 Å². The molecule has 30 heavy (non-hydrogen) atoms. The molecule has 0 saturated heterocycles. The summed E-state index contributed by atoms with van der Waals surface area (Å²) in [7, 11) is -3.12. The Balaban J connectivity index is 1.91. The molecule has 1 aliphatic rings. The summed E-state index contributed by atoms with van der Waals surface area (Å²) in [5.41, 5.74) is -0.901. The number of hydrogen-bond donors (Lipinski definition) is 2. The number of ether oxygens (including phenoxy) is 1. The van der Waals surface area contributed by atoms with Crippen LogP contribution in [0.4, 0.5) is 24.5 Å². The number of halogens is 4. The van der Waals surface area contributed by atoms with Gasteiger partial charge in [0.1, 0.15) is 0 Å². The summed E-state index contributed by atoms with van der Waals surface area (Å²) in [6.45, 7) is 0.113. The number of rotatable bonds is 7. The van der Waals surface area contributed by atoms with E-state index in [1.165, 1.54) is 31.4 Å². The second-order valence-electron chi connectivity index (χ2n) is 6.82. The van der Waals surface area contributed by atoms with E-state index in [0.29, 0.717) is 6.07 Å². The molecule has 1 aliphatic carbocycles. The van der Waals surface area contributed by atoms with Gasteiger partial charge in [-0.1, -0.05) is 11.6 Å². The quantitative estimate of drug-likeness (QED) is 0.588. The van der Waals surface area contributed by atoms with E-state index >= 15 is 0 Å². The van der Waals surface area contributed by atoms with Crippen molar-refractivity contribution in [1.82, 2.24) is 4.72 Å². The Morgan fingerprint density at radius 3 is 2.47 bits per heavy atom. The van der Waals surface area contributed by atoms with E-state index < -0.39 is 32.6 Å². The summed E-state index contributed by atoms with van der Waals surface area (Å²) in [4.78, 5) is 10.7. The number of carbonyl (C=O) groups is 1. The maximum atomic E-state index is 13.6. The molecule has 1 saturated carbocycles. The number of methoxy groups -OCH3 is 1. The summed E-state index contributed by atoms with van der Waals surface area (Å²) in [6.07, 6.45) is -3.18. The molecule has 0 amide bonds. The number of alkyl halides is 3. The SMILES string of the molecule is COC(=O)c1ccc(Nc2ccc(S(=O)(=O)NCC3CC3)c(C(F)(F)F)c2)c(Cl)c1. The topological polar surface area (TPSA) is 84.5 Å². The van der Waals surface area contributed by atoms with Crippen LogP contribution in [0, 0.1) is 5.92 Å². The number of sulfonamides is 1. The first-order valence-electron chi connectivity index (χ1n) is 8.87. The van der Waals surface area contributed by atoms with Crippen LogP contribution in [0.5, 0.6) is 0 Å². The molecule has 0 bridgehead atoms. The number of nitrogens with one attached hydrogen (secondary N) is 2. The number of esters is 1. The first-order valence-corrected chi connectivity index (χ1v) is 10.7. The predicted octanol–water partition coefficient (Wildman–Crippen LogP) is 4.58. The first kappa shape index (κ1) is 22.4. The van der Waals surface area contributed by atoms with Crippen LogP contribution >= 0.6 is 11.6 Å². The third kappa shape index (κ3) is 5.24. The van der Waals surface area contributed by atoms with Gasteiger partial charge in [0.2, 0.25) is 10.0 Å². The van der Waals surface area contributed by atoms with Crippen molar-refractivity contribution in [1.29, 1.82) is 0 Å². The summed E-state index contributed by atoms with van der Waals surface area (Å²) in [6, 6.07) is 6.93. The summed E-state index contributed by atoms with van der Waals surface area (Å²) in [5.74, 6) is -0.443. The van der Waals surface area contributed by atoms with Gasteiger partial charge in [0.15, 0.2) is 0 Å². The third-order valence-electron chi connectivity index (χ3n) is 4.50. The zero-order valence-electron chi connectivity index (χ0n) is 15.7. The number of benzene rings is 2. The van der Waals surface area contributed by atoms with Crippen molar-refractivity contribution in [3.8, 4) is 0 Å². The Morgan fingerprint density at radius 2 is 1.90 bits per heavy atom. The lowest BCUT2D eigenvalue weighted by Gasteiger charge is -2.16. The minimum Gasteiger partial charge on any atom is -0.465 e. The Hall–Kier alpha value is -2.30. The minimum absolute atomic E-state index is 0.0174. The standard InChI is InChI=1S/C19H18ClF3N2O4S/c1-29-18(26)12-4-6-16(15(20)8-12)25-13-5-7-17(14(9-13)19(21,22)23)30(27,28)24-10-11-2-3-11/h4-9,11,24-25H,2-3,10H2,1H3. The molecule has 162 valence electrons. The van der Waals surface area contributed by atoms with Gasteiger partial charge in [-0.25, -0.2) is 17.9 Å². The Bertz CT molecular complexity index is 1070. The normalized spacial score (nSPS) is 14.4. The molecule has 1 fully saturated rings. The van der Waals surface area contributed by atoms with Gasteiger partial charge in [-0.3, -0.25) is 0 Å². The number of anilines is 2. The zero-order valence-corrected chi connectivity index (χ0v) is 17.3. The molecule has 0 spiro atoms. The van der Waals surface area contributed by atoms with E-state index in [2.05, 4.69) is 14.8 Å². The minimum atomic E-state index is -4.89. The van der Waals surface area contributed by atoms with Gasteiger partial charge in [0, 0.05) is 12.2 Å². The molecule has 6 nitrogen and oxygen atoms in total. The average molecular weight is 463 g/mol. The second kappa shape index (κ2) is 8.44. The Kier molecular flexibility index (Phi) is 6.30. The fraction of sp³-hybridized carbons (Fsp3) is 0.316. The van der Waals surface area contributed by atoms with Crippen LogP contribution < -0.4 is 10.0 Å². The van der Waals surface area contributed by atoms with Gasteiger partial charge >= 0.3 is 12.1 Å². The molecule has 2 aromatic rings. The van der Waals surface area contributed by atoms with E-state index in [0.717, 1.165) is 18.9 Å². The average Bonchev–Trinajstić information content (AvgIpc) is 3.51. The van der Waals surface area contributed by atoms with Crippen LogP contribution in [0.1, 0.15) is 28.8 Å². The number of hydrogen-bond acceptors (Lipinski definition) is 5. The van der Waals surface area contributed by atoms with Crippen LogP contribution in [0.2, 0.25) is 5.02 Å². The maximum absolute atomic E-state index is 13.6. The highest BCUT2D eigenvalue weighted by atomic mass is 35.5. The Labute approximate surface area is 176 Å². The maximum Gasteiger partial charge on any atom is 0.417 e. The molecule has 0 aromatic heterocycles. The first-order chi connectivity index (χ1) is 14.0. The van der Waals surface area contributed by atoms with Gasteiger partial charge in [0.25, 0.3) is 0 Å². The van der Waals surface area contributed by atoms with E-state index in [-0.39, 0.29) is 34.4 Å². The van der Waals surface area contributed by atoms with Crippen LogP contribution in [0.15, 0.2) is 41.3 Å². The van der Waals surface area contributed by atoms with Gasteiger partial charge in [-0.2, -0.15) is 13.2 Å². The third-order valence-corrected chi connectivity index (χ3v) is 6.30. The van der Waals surface area contributed by atoms with Gasteiger partial charge in [0.05, 0.1) is 33.8 Å². The smallest absolute Gasteiger partial charge is 0.417 e. The molecule has 0 atom stereocenters. The number of carbonyl (C=O) groups excluding carboxylic acids is 1. The van der Waals surface area contributed by atoms with Crippen molar-refractivity contribution in [2.45, 2.75) is 23.9 Å². The van der Waals surface area contributed by atoms with Crippen LogP contribution in [-0.4, -0.2) is 28.0 Å². The summed E-state index contributed by atoms with van der Waals surface area (Å²) >= 11 is 6.09. The molecule has 2 N–H and O–H groups in total. The lowest BCUT2D eigenvalue weighted by molar-refractivity contribution is -0.139. The van der Waals surface area contributed by atoms with Gasteiger partial charge in [-0.05, 0) is 55.2 Å². The molecule has 2 aromatic carbocycles. The van der Waals surface area contributed by atoms with Crippen LogP contribution in [-0.2, 0) is 20.9 Å². The van der Waals surface area contributed by atoms with E-state index in [1.807, 2.05) is 0 Å². The van der Waals surface area contributed by atoms with Crippen LogP contribution in [0.25, 0.3) is 0 Å². The fourth-order valence-electron chi connectivity index (χ4n) is 2.71. The summed E-state index contributed by atoms with van der Waals surface area (Å²) < 4.78 is 72.3. The molecule has 0 heterocycles. The van der Waals surface area contributed by atoms with Crippen molar-refractivity contribution >= 4 is 39.0 Å². The largest absolute Gasteiger partial charge is 0.465 e. The van der Waals surface area contributed by atoms with Crippen LogP contribution in [0.3, 0.4) is 0 Å². The lowest BCUT2D eigenvalue weighted by atomic mass is 10.1. The highest BCUT2D eigenvalue weighted by molar-refractivity contribution is 7.89. The van der Waals surface area contributed by atoms with Gasteiger partial charge < -0.3 is 10.1 Å². The van der Waals surface area contributed by atoms with Crippen molar-refractivity contribution in [3.05, 3.63) is 52.5 Å².